The van der Waals surface area contributed by atoms with Gasteiger partial charge in [-0.25, -0.2) is 9.97 Å². The summed E-state index contributed by atoms with van der Waals surface area (Å²) in [4.78, 5) is 25.6. The summed E-state index contributed by atoms with van der Waals surface area (Å²) >= 11 is 6.09. The maximum Gasteiger partial charge on any atom is 0.274 e. The average Bonchev–Trinajstić information content (AvgIpc) is 2.75. The molecule has 0 bridgehead atoms. The standard InChI is InChI=1S/C21H26ClN5O/c22-16-5-4-8-18(13-16)26-9-11-27(12-10-26)21(28)19-14-24-20(15-23-19)25-17-6-2-1-3-7-17/h4-5,8,13-15,17H,1-3,6-7,9-12H2,(H,24,25). The highest BCUT2D eigenvalue weighted by Gasteiger charge is 2.23. The minimum Gasteiger partial charge on any atom is -0.368 e. The van der Waals surface area contributed by atoms with Crippen molar-refractivity contribution in [3.63, 3.8) is 0 Å². The molecule has 1 saturated carbocycles. The summed E-state index contributed by atoms with van der Waals surface area (Å²) in [6.07, 6.45) is 9.49. The molecule has 1 amide bonds. The molecule has 1 aromatic carbocycles. The summed E-state index contributed by atoms with van der Waals surface area (Å²) < 4.78 is 0. The highest BCUT2D eigenvalue weighted by Crippen LogP contribution is 2.22. The molecule has 7 heteroatoms. The number of aromatic nitrogens is 2. The second-order valence-electron chi connectivity index (χ2n) is 7.53. The van der Waals surface area contributed by atoms with E-state index in [-0.39, 0.29) is 5.91 Å². The first kappa shape index (κ1) is 19.0. The molecule has 28 heavy (non-hydrogen) atoms. The molecule has 1 saturated heterocycles. The van der Waals surface area contributed by atoms with Crippen LogP contribution in [0.25, 0.3) is 0 Å². The van der Waals surface area contributed by atoms with Gasteiger partial charge in [0.2, 0.25) is 0 Å². The van der Waals surface area contributed by atoms with E-state index in [0.717, 1.165) is 29.6 Å². The van der Waals surface area contributed by atoms with Crippen molar-refractivity contribution in [1.82, 2.24) is 14.9 Å². The molecule has 6 nitrogen and oxygen atoms in total. The molecule has 1 aliphatic heterocycles. The van der Waals surface area contributed by atoms with Gasteiger partial charge in [0, 0.05) is 42.9 Å². The molecule has 0 atom stereocenters. The van der Waals surface area contributed by atoms with Gasteiger partial charge in [0.15, 0.2) is 0 Å². The molecule has 1 N–H and O–H groups in total. The summed E-state index contributed by atoms with van der Waals surface area (Å²) in [6, 6.07) is 8.31. The van der Waals surface area contributed by atoms with Gasteiger partial charge >= 0.3 is 0 Å². The van der Waals surface area contributed by atoms with E-state index in [1.54, 1.807) is 12.4 Å². The smallest absolute Gasteiger partial charge is 0.274 e. The van der Waals surface area contributed by atoms with Crippen LogP contribution in [0.5, 0.6) is 0 Å². The van der Waals surface area contributed by atoms with Gasteiger partial charge < -0.3 is 15.1 Å². The minimum absolute atomic E-state index is 0.0533. The van der Waals surface area contributed by atoms with Crippen molar-refractivity contribution in [3.05, 3.63) is 47.4 Å². The summed E-state index contributed by atoms with van der Waals surface area (Å²) in [6.45, 7) is 2.88. The molecule has 2 fully saturated rings. The average molecular weight is 400 g/mol. The van der Waals surface area contributed by atoms with Crippen molar-refractivity contribution in [2.45, 2.75) is 38.1 Å². The fraction of sp³-hybridized carbons (Fsp3) is 0.476. The van der Waals surface area contributed by atoms with Crippen molar-refractivity contribution in [2.24, 2.45) is 0 Å². The third kappa shape index (κ3) is 4.55. The predicted octanol–water partition coefficient (Wildman–Crippen LogP) is 3.84. The van der Waals surface area contributed by atoms with Gasteiger partial charge in [-0.2, -0.15) is 0 Å². The third-order valence-electron chi connectivity index (χ3n) is 5.57. The van der Waals surface area contributed by atoms with E-state index in [4.69, 9.17) is 11.6 Å². The van der Waals surface area contributed by atoms with Crippen molar-refractivity contribution in [3.8, 4) is 0 Å². The monoisotopic (exact) mass is 399 g/mol. The van der Waals surface area contributed by atoms with Crippen LogP contribution in [0.4, 0.5) is 11.5 Å². The molecular weight excluding hydrogens is 374 g/mol. The molecule has 0 spiro atoms. The van der Waals surface area contributed by atoms with Gasteiger partial charge in [0.25, 0.3) is 5.91 Å². The van der Waals surface area contributed by atoms with Crippen LogP contribution >= 0.6 is 11.6 Å². The summed E-state index contributed by atoms with van der Waals surface area (Å²) in [5.74, 6) is 0.705. The van der Waals surface area contributed by atoms with E-state index in [1.165, 1.54) is 32.1 Å². The predicted molar refractivity (Wildman–Crippen MR) is 112 cm³/mol. The number of anilines is 2. The molecule has 2 aromatic rings. The molecule has 148 valence electrons. The Morgan fingerprint density at radius 2 is 1.82 bits per heavy atom. The zero-order valence-electron chi connectivity index (χ0n) is 16.0. The molecule has 1 aliphatic carbocycles. The van der Waals surface area contributed by atoms with Crippen LogP contribution in [0, 0.1) is 0 Å². The number of piperazine rings is 1. The Morgan fingerprint density at radius 3 is 2.50 bits per heavy atom. The summed E-state index contributed by atoms with van der Waals surface area (Å²) in [5.41, 5.74) is 1.50. The van der Waals surface area contributed by atoms with Gasteiger partial charge in [-0.05, 0) is 31.0 Å². The lowest BCUT2D eigenvalue weighted by Gasteiger charge is -2.36. The lowest BCUT2D eigenvalue weighted by molar-refractivity contribution is 0.0740. The number of amides is 1. The Hall–Kier alpha value is -2.34. The second-order valence-corrected chi connectivity index (χ2v) is 7.96. The highest BCUT2D eigenvalue weighted by atomic mass is 35.5. The molecule has 0 radical (unpaired) electrons. The number of carbonyl (C=O) groups excluding carboxylic acids is 1. The van der Waals surface area contributed by atoms with Crippen LogP contribution in [0.15, 0.2) is 36.7 Å². The van der Waals surface area contributed by atoms with E-state index in [2.05, 4.69) is 20.2 Å². The molecule has 2 aliphatic rings. The van der Waals surface area contributed by atoms with Crippen LogP contribution in [0.1, 0.15) is 42.6 Å². The van der Waals surface area contributed by atoms with E-state index in [9.17, 15) is 4.79 Å². The number of carbonyl (C=O) groups is 1. The van der Waals surface area contributed by atoms with E-state index in [1.807, 2.05) is 29.2 Å². The minimum atomic E-state index is -0.0533. The number of nitrogens with zero attached hydrogens (tertiary/aromatic N) is 4. The summed E-state index contributed by atoms with van der Waals surface area (Å²) in [7, 11) is 0. The van der Waals surface area contributed by atoms with Crippen molar-refractivity contribution in [2.75, 3.05) is 36.4 Å². The van der Waals surface area contributed by atoms with Gasteiger partial charge in [0.05, 0.1) is 12.4 Å². The first-order chi connectivity index (χ1) is 13.7. The van der Waals surface area contributed by atoms with Gasteiger partial charge in [-0.3, -0.25) is 4.79 Å². The van der Waals surface area contributed by atoms with Crippen LogP contribution in [-0.4, -0.2) is 53.0 Å². The number of rotatable bonds is 4. The molecule has 0 unspecified atom stereocenters. The maximum atomic E-state index is 12.8. The number of halogens is 1. The Balaban J connectivity index is 1.32. The maximum absolute atomic E-state index is 12.8. The van der Waals surface area contributed by atoms with Gasteiger partial charge in [-0.15, -0.1) is 0 Å². The topological polar surface area (TPSA) is 61.4 Å². The SMILES string of the molecule is O=C(c1cnc(NC2CCCCC2)cn1)N1CCN(c2cccc(Cl)c2)CC1. The van der Waals surface area contributed by atoms with E-state index in [0.29, 0.717) is 24.8 Å². The second kappa shape index (κ2) is 8.78. The Kier molecular flexibility index (Phi) is 5.95. The Morgan fingerprint density at radius 1 is 1.04 bits per heavy atom. The van der Waals surface area contributed by atoms with Crippen LogP contribution in [-0.2, 0) is 0 Å². The first-order valence-electron chi connectivity index (χ1n) is 10.1. The Labute approximate surface area is 170 Å². The van der Waals surface area contributed by atoms with E-state index < -0.39 is 0 Å². The van der Waals surface area contributed by atoms with Crippen LogP contribution < -0.4 is 10.2 Å². The zero-order valence-corrected chi connectivity index (χ0v) is 16.7. The summed E-state index contributed by atoms with van der Waals surface area (Å²) in [5, 5.41) is 4.17. The van der Waals surface area contributed by atoms with E-state index >= 15 is 0 Å². The van der Waals surface area contributed by atoms with Gasteiger partial charge in [-0.1, -0.05) is 36.9 Å². The largest absolute Gasteiger partial charge is 0.368 e. The van der Waals surface area contributed by atoms with Gasteiger partial charge in [0.1, 0.15) is 11.5 Å². The van der Waals surface area contributed by atoms with Crippen LogP contribution in [0.2, 0.25) is 5.02 Å². The molecule has 2 heterocycles. The number of hydrogen-bond donors (Lipinski definition) is 1. The molecule has 1 aromatic heterocycles. The number of hydrogen-bond acceptors (Lipinski definition) is 5. The lowest BCUT2D eigenvalue weighted by Crippen LogP contribution is -2.49. The van der Waals surface area contributed by atoms with Crippen molar-refractivity contribution >= 4 is 29.0 Å². The highest BCUT2D eigenvalue weighted by molar-refractivity contribution is 6.30. The fourth-order valence-electron chi connectivity index (χ4n) is 3.97. The number of benzene rings is 1. The lowest BCUT2D eigenvalue weighted by atomic mass is 9.96. The molecular formula is C21H26ClN5O. The Bertz CT molecular complexity index is 799. The first-order valence-corrected chi connectivity index (χ1v) is 10.5. The number of nitrogens with one attached hydrogen (secondary N) is 1. The van der Waals surface area contributed by atoms with Crippen molar-refractivity contribution in [1.29, 1.82) is 0 Å². The normalized spacial score (nSPS) is 18.2. The quantitative estimate of drug-likeness (QED) is 0.846. The zero-order chi connectivity index (χ0) is 19.3. The van der Waals surface area contributed by atoms with Crippen LogP contribution in [0.3, 0.4) is 0 Å². The third-order valence-corrected chi connectivity index (χ3v) is 5.80. The molecule has 4 rings (SSSR count). The fourth-order valence-corrected chi connectivity index (χ4v) is 4.16. The van der Waals surface area contributed by atoms with Crippen molar-refractivity contribution < 1.29 is 4.79 Å².